The Morgan fingerprint density at radius 3 is 2.53 bits per heavy atom. The molecule has 32 heavy (non-hydrogen) atoms. The van der Waals surface area contributed by atoms with Gasteiger partial charge in [0.25, 0.3) is 0 Å². The van der Waals surface area contributed by atoms with E-state index in [9.17, 15) is 4.79 Å². The van der Waals surface area contributed by atoms with Gasteiger partial charge in [0.1, 0.15) is 12.4 Å². The third kappa shape index (κ3) is 5.89. The van der Waals surface area contributed by atoms with E-state index in [0.29, 0.717) is 19.1 Å². The number of nitrogens with zero attached hydrogens (tertiary/aromatic N) is 2. The molecule has 0 aliphatic rings. The molecular weight excluding hydrogens is 404 g/mol. The average molecular weight is 435 g/mol. The lowest BCUT2D eigenvalue weighted by atomic mass is 9.96. The predicted octanol–water partition coefficient (Wildman–Crippen LogP) is 5.00. The lowest BCUT2D eigenvalue weighted by molar-refractivity contribution is -0.137. The minimum Gasteiger partial charge on any atom is -0.489 e. The zero-order valence-corrected chi connectivity index (χ0v) is 19.1. The molecule has 1 unspecified atom stereocenters. The maximum absolute atomic E-state index is 11.1. The van der Waals surface area contributed by atoms with Gasteiger partial charge in [-0.05, 0) is 42.2 Å². The van der Waals surface area contributed by atoms with Gasteiger partial charge in [-0.25, -0.2) is 0 Å². The number of aliphatic carboxylic acids is 1. The Labute approximate surface area is 189 Å². The highest BCUT2D eigenvalue weighted by atomic mass is 16.5. The van der Waals surface area contributed by atoms with Crippen LogP contribution in [-0.2, 0) is 29.3 Å². The largest absolute Gasteiger partial charge is 0.489 e. The summed E-state index contributed by atoms with van der Waals surface area (Å²) >= 11 is 0. The molecule has 6 heteroatoms. The van der Waals surface area contributed by atoms with Gasteiger partial charge in [-0.3, -0.25) is 9.48 Å². The van der Waals surface area contributed by atoms with Crippen molar-refractivity contribution in [2.45, 2.75) is 52.9 Å². The molecule has 168 valence electrons. The van der Waals surface area contributed by atoms with Crippen LogP contribution in [0.3, 0.4) is 0 Å². The lowest BCUT2D eigenvalue weighted by Crippen LogP contribution is -2.06. The first-order chi connectivity index (χ1) is 15.4. The van der Waals surface area contributed by atoms with Gasteiger partial charge < -0.3 is 14.6 Å². The number of aromatic nitrogens is 2. The summed E-state index contributed by atoms with van der Waals surface area (Å²) in [6, 6.07) is 13.7. The number of carboxylic acids is 1. The first-order valence-electron chi connectivity index (χ1n) is 10.7. The molecule has 1 atom stereocenters. The first kappa shape index (κ1) is 23.4. The molecule has 0 aliphatic carbocycles. The predicted molar refractivity (Wildman–Crippen MR) is 125 cm³/mol. The molecule has 1 aromatic heterocycles. The van der Waals surface area contributed by atoms with Crippen LogP contribution in [0.25, 0.3) is 10.9 Å². The third-order valence-electron chi connectivity index (χ3n) is 5.10. The fourth-order valence-corrected chi connectivity index (χ4v) is 3.67. The van der Waals surface area contributed by atoms with E-state index in [2.05, 4.69) is 43.9 Å². The van der Waals surface area contributed by atoms with Crippen LogP contribution in [0, 0.1) is 17.8 Å². The molecule has 2 aromatic carbocycles. The van der Waals surface area contributed by atoms with Crippen molar-refractivity contribution in [3.8, 4) is 17.6 Å². The van der Waals surface area contributed by atoms with Crippen LogP contribution in [0.1, 0.15) is 49.9 Å². The number of carbonyl (C=O) groups is 1. The Kier molecular flexibility index (Phi) is 7.91. The first-order valence-corrected chi connectivity index (χ1v) is 10.7. The van der Waals surface area contributed by atoms with E-state index in [4.69, 9.17) is 19.7 Å². The Hall–Kier alpha value is -3.30. The summed E-state index contributed by atoms with van der Waals surface area (Å²) in [5.74, 6) is 5.80. The highest BCUT2D eigenvalue weighted by molar-refractivity contribution is 5.82. The van der Waals surface area contributed by atoms with E-state index >= 15 is 0 Å². The number of hydrogen-bond acceptors (Lipinski definition) is 4. The van der Waals surface area contributed by atoms with Crippen LogP contribution < -0.4 is 4.74 Å². The molecule has 0 bridgehead atoms. The highest BCUT2D eigenvalue weighted by Crippen LogP contribution is 2.25. The summed E-state index contributed by atoms with van der Waals surface area (Å²) in [7, 11) is 1.68. The van der Waals surface area contributed by atoms with Gasteiger partial charge in [0.05, 0.1) is 30.2 Å². The number of rotatable bonds is 10. The number of carboxylic acid groups (broad SMARTS) is 1. The number of hydrogen-bond donors (Lipinski definition) is 1. The van der Waals surface area contributed by atoms with Gasteiger partial charge in [0, 0.05) is 19.0 Å². The number of methoxy groups -OCH3 is 1. The minimum atomic E-state index is -0.862. The fraction of sp³-hybridized carbons (Fsp3) is 0.385. The van der Waals surface area contributed by atoms with Crippen LogP contribution >= 0.6 is 0 Å². The Bertz CT molecular complexity index is 1120. The van der Waals surface area contributed by atoms with E-state index in [1.807, 2.05) is 28.9 Å². The quantitative estimate of drug-likeness (QED) is 0.455. The van der Waals surface area contributed by atoms with Crippen LogP contribution in [0.2, 0.25) is 0 Å². The van der Waals surface area contributed by atoms with Crippen molar-refractivity contribution in [3.63, 3.8) is 0 Å². The van der Waals surface area contributed by atoms with E-state index in [1.165, 1.54) is 0 Å². The van der Waals surface area contributed by atoms with Crippen LogP contribution in [-0.4, -0.2) is 28.0 Å². The lowest BCUT2D eigenvalue weighted by Gasteiger charge is -2.11. The van der Waals surface area contributed by atoms with E-state index < -0.39 is 5.97 Å². The second-order valence-corrected chi connectivity index (χ2v) is 8.21. The summed E-state index contributed by atoms with van der Waals surface area (Å²) in [5, 5.41) is 14.9. The summed E-state index contributed by atoms with van der Waals surface area (Å²) in [6.45, 7) is 7.81. The second-order valence-electron chi connectivity index (χ2n) is 8.21. The molecule has 0 radical (unpaired) electrons. The van der Waals surface area contributed by atoms with Gasteiger partial charge >= 0.3 is 5.97 Å². The summed E-state index contributed by atoms with van der Waals surface area (Å²) in [5.41, 5.74) is 3.95. The fourth-order valence-electron chi connectivity index (χ4n) is 3.67. The maximum atomic E-state index is 11.1. The van der Waals surface area contributed by atoms with Crippen molar-refractivity contribution in [3.05, 3.63) is 59.3 Å². The molecule has 0 spiro atoms. The van der Waals surface area contributed by atoms with Crippen molar-refractivity contribution < 1.29 is 19.4 Å². The standard InChI is InChI=1S/C26H30N2O4/c1-5-6-21(14-26(29)30)20-8-10-22(11-9-20)32-16-19-7-12-23-24(17-31-4)27-28(15-18(2)3)25(23)13-19/h7-13,18,21H,14-17H2,1-4H3,(H,29,30). The van der Waals surface area contributed by atoms with Gasteiger partial charge in [0.15, 0.2) is 0 Å². The number of fused-ring (bicyclic) bond motifs is 1. The average Bonchev–Trinajstić information content (AvgIpc) is 3.08. The Morgan fingerprint density at radius 2 is 1.91 bits per heavy atom. The van der Waals surface area contributed by atoms with E-state index in [-0.39, 0.29) is 12.3 Å². The molecule has 6 nitrogen and oxygen atoms in total. The smallest absolute Gasteiger partial charge is 0.304 e. The molecule has 1 N–H and O–H groups in total. The Morgan fingerprint density at radius 1 is 1.16 bits per heavy atom. The topological polar surface area (TPSA) is 73.6 Å². The van der Waals surface area contributed by atoms with Crippen molar-refractivity contribution in [1.29, 1.82) is 0 Å². The second kappa shape index (κ2) is 10.8. The van der Waals surface area contributed by atoms with Crippen molar-refractivity contribution >= 4 is 16.9 Å². The van der Waals surface area contributed by atoms with E-state index in [1.54, 1.807) is 14.0 Å². The molecule has 3 aromatic rings. The third-order valence-corrected chi connectivity index (χ3v) is 5.10. The molecule has 3 rings (SSSR count). The van der Waals surface area contributed by atoms with Gasteiger partial charge in [0.2, 0.25) is 0 Å². The van der Waals surface area contributed by atoms with E-state index in [0.717, 1.165) is 40.0 Å². The highest BCUT2D eigenvalue weighted by Gasteiger charge is 2.14. The van der Waals surface area contributed by atoms with Crippen LogP contribution in [0.4, 0.5) is 0 Å². The molecule has 0 amide bonds. The molecule has 0 saturated carbocycles. The van der Waals surface area contributed by atoms with Crippen molar-refractivity contribution in [1.82, 2.24) is 9.78 Å². The molecule has 1 heterocycles. The van der Waals surface area contributed by atoms with Crippen molar-refractivity contribution in [2.75, 3.05) is 7.11 Å². The molecule has 0 aliphatic heterocycles. The summed E-state index contributed by atoms with van der Waals surface area (Å²) in [6.07, 6.45) is -0.0177. The van der Waals surface area contributed by atoms with Gasteiger partial charge in [-0.2, -0.15) is 5.10 Å². The van der Waals surface area contributed by atoms with Crippen molar-refractivity contribution in [2.24, 2.45) is 5.92 Å². The van der Waals surface area contributed by atoms with Gasteiger partial charge in [-0.15, -0.1) is 5.92 Å². The maximum Gasteiger partial charge on any atom is 0.304 e. The summed E-state index contributed by atoms with van der Waals surface area (Å²) < 4.78 is 13.3. The monoisotopic (exact) mass is 434 g/mol. The van der Waals surface area contributed by atoms with Gasteiger partial charge in [-0.1, -0.05) is 44.0 Å². The molecule has 0 fully saturated rings. The zero-order valence-electron chi connectivity index (χ0n) is 19.1. The molecular formula is C26H30N2O4. The SMILES string of the molecule is CC#CC(CC(=O)O)c1ccc(OCc2ccc3c(COC)nn(CC(C)C)c3c2)cc1. The number of benzene rings is 2. The summed E-state index contributed by atoms with van der Waals surface area (Å²) in [4.78, 5) is 11.1. The van der Waals surface area contributed by atoms with Crippen LogP contribution in [0.5, 0.6) is 5.75 Å². The molecule has 0 saturated heterocycles. The number of ether oxygens (including phenoxy) is 2. The van der Waals surface area contributed by atoms with Crippen LogP contribution in [0.15, 0.2) is 42.5 Å². The minimum absolute atomic E-state index is 0.0177. The zero-order chi connectivity index (χ0) is 23.1. The Balaban J connectivity index is 1.75. The normalized spacial score (nSPS) is 11.9.